The van der Waals surface area contributed by atoms with Crippen LogP contribution in [0.25, 0.3) is 0 Å². The van der Waals surface area contributed by atoms with E-state index < -0.39 is 11.6 Å². The molecular weight excluding hydrogens is 385 g/mol. The van der Waals surface area contributed by atoms with E-state index in [1.807, 2.05) is 29.6 Å². The maximum absolute atomic E-state index is 13.9. The largest absolute Gasteiger partial charge is 0.319 e. The van der Waals surface area contributed by atoms with Crippen molar-refractivity contribution in [3.63, 3.8) is 0 Å². The van der Waals surface area contributed by atoms with Crippen LogP contribution in [-0.2, 0) is 6.54 Å². The second-order valence-corrected chi connectivity index (χ2v) is 5.93. The zero-order chi connectivity index (χ0) is 13.1. The molecule has 0 aromatic heterocycles. The van der Waals surface area contributed by atoms with Crippen LogP contribution in [0.4, 0.5) is 8.78 Å². The molecule has 1 heterocycles. The molecule has 2 nitrogen and oxygen atoms in total. The first-order chi connectivity index (χ1) is 8.61. The highest BCUT2D eigenvalue weighted by Crippen LogP contribution is 2.23. The summed E-state index contributed by atoms with van der Waals surface area (Å²) < 4.78 is 28.0. The van der Waals surface area contributed by atoms with Gasteiger partial charge in [-0.2, -0.15) is 0 Å². The Labute approximate surface area is 132 Å². The minimum atomic E-state index is -0.440. The molecule has 1 aliphatic rings. The normalized spacial score (nSPS) is 19.5. The van der Waals surface area contributed by atoms with Crippen molar-refractivity contribution in [2.75, 3.05) is 26.7 Å². The summed E-state index contributed by atoms with van der Waals surface area (Å²) in [5.41, 5.74) is 0.201. The molecule has 0 aliphatic carbocycles. The maximum atomic E-state index is 13.9. The molecule has 0 spiro atoms. The minimum Gasteiger partial charge on any atom is -0.319 e. The average molecular weight is 403 g/mol. The van der Waals surface area contributed by atoms with Gasteiger partial charge in [-0.25, -0.2) is 8.78 Å². The zero-order valence-corrected chi connectivity index (χ0v) is 13.7. The summed E-state index contributed by atoms with van der Waals surface area (Å²) in [4.78, 5) is 2.12. The lowest BCUT2D eigenvalue weighted by Gasteiger charge is -2.17. The molecule has 19 heavy (non-hydrogen) atoms. The van der Waals surface area contributed by atoms with Gasteiger partial charge < -0.3 is 5.32 Å². The van der Waals surface area contributed by atoms with Crippen molar-refractivity contribution < 1.29 is 8.78 Å². The van der Waals surface area contributed by atoms with Gasteiger partial charge in [-0.3, -0.25) is 4.90 Å². The Kier molecular flexibility index (Phi) is 6.93. The van der Waals surface area contributed by atoms with Crippen molar-refractivity contribution in [1.82, 2.24) is 10.2 Å². The van der Waals surface area contributed by atoms with E-state index in [4.69, 9.17) is 0 Å². The monoisotopic (exact) mass is 402 g/mol. The van der Waals surface area contributed by atoms with E-state index in [9.17, 15) is 8.78 Å². The molecule has 1 atom stereocenters. The third-order valence-electron chi connectivity index (χ3n) is 3.38. The lowest BCUT2D eigenvalue weighted by molar-refractivity contribution is 0.304. The molecule has 0 saturated carbocycles. The van der Waals surface area contributed by atoms with Crippen LogP contribution in [0.1, 0.15) is 12.0 Å². The second-order valence-electron chi connectivity index (χ2n) is 4.77. The van der Waals surface area contributed by atoms with Crippen LogP contribution in [0.2, 0.25) is 0 Å². The molecule has 108 valence electrons. The highest BCUT2D eigenvalue weighted by molar-refractivity contribution is 14.1. The number of benzene rings is 1. The molecule has 1 unspecified atom stereocenters. The van der Waals surface area contributed by atoms with Crippen molar-refractivity contribution in [1.29, 1.82) is 0 Å². The van der Waals surface area contributed by atoms with Crippen LogP contribution in [0.15, 0.2) is 12.1 Å². The topological polar surface area (TPSA) is 15.3 Å². The smallest absolute Gasteiger partial charge is 0.143 e. The molecule has 1 N–H and O–H groups in total. The van der Waals surface area contributed by atoms with Crippen LogP contribution in [-0.4, -0.2) is 31.6 Å². The molecule has 2 rings (SSSR count). The predicted octanol–water partition coefficient (Wildman–Crippen LogP) is 3.03. The molecule has 0 radical (unpaired) electrons. The third-order valence-corrected chi connectivity index (χ3v) is 4.22. The summed E-state index contributed by atoms with van der Waals surface area (Å²) in [5.74, 6) is -0.262. The number of rotatable bonds is 4. The van der Waals surface area contributed by atoms with Crippen LogP contribution >= 0.6 is 35.0 Å². The number of hydrogen-bond donors (Lipinski definition) is 1. The van der Waals surface area contributed by atoms with Gasteiger partial charge in [0.2, 0.25) is 0 Å². The quantitative estimate of drug-likeness (QED) is 0.615. The maximum Gasteiger partial charge on any atom is 0.143 e. The fourth-order valence-corrected chi connectivity index (χ4v) is 2.95. The van der Waals surface area contributed by atoms with Crippen molar-refractivity contribution in [2.24, 2.45) is 5.92 Å². The lowest BCUT2D eigenvalue weighted by Crippen LogP contribution is -2.25. The summed E-state index contributed by atoms with van der Waals surface area (Å²) in [7, 11) is 1.93. The number of halogens is 4. The Bertz CT molecular complexity index is 431. The highest BCUT2D eigenvalue weighted by atomic mass is 127. The summed E-state index contributed by atoms with van der Waals surface area (Å²) in [6.45, 7) is 3.16. The van der Waals surface area contributed by atoms with Gasteiger partial charge in [0.15, 0.2) is 0 Å². The van der Waals surface area contributed by atoms with Gasteiger partial charge in [0, 0.05) is 22.2 Å². The Morgan fingerprint density at radius 1 is 1.42 bits per heavy atom. The van der Waals surface area contributed by atoms with Gasteiger partial charge in [0.1, 0.15) is 11.6 Å². The molecule has 0 bridgehead atoms. The number of nitrogens with one attached hydrogen (secondary N) is 1. The molecule has 1 saturated heterocycles. The van der Waals surface area contributed by atoms with E-state index in [1.54, 1.807) is 0 Å². The lowest BCUT2D eigenvalue weighted by atomic mass is 10.1. The molecule has 1 fully saturated rings. The molecule has 1 aliphatic heterocycles. The van der Waals surface area contributed by atoms with Crippen LogP contribution in [0.3, 0.4) is 0 Å². The van der Waals surface area contributed by atoms with Crippen molar-refractivity contribution in [2.45, 2.75) is 13.0 Å². The van der Waals surface area contributed by atoms with Gasteiger partial charge >= 0.3 is 0 Å². The van der Waals surface area contributed by atoms with E-state index in [0.29, 0.717) is 16.0 Å². The Hall–Kier alpha value is 0.0200. The third kappa shape index (κ3) is 4.24. The second kappa shape index (κ2) is 7.71. The first-order valence-electron chi connectivity index (χ1n) is 6.11. The highest BCUT2D eigenvalue weighted by Gasteiger charge is 2.24. The summed E-state index contributed by atoms with van der Waals surface area (Å²) in [6.07, 6.45) is 1.09. The fourth-order valence-electron chi connectivity index (χ4n) is 2.45. The molecule has 0 amide bonds. The summed E-state index contributed by atoms with van der Waals surface area (Å²) >= 11 is 1.90. The standard InChI is InChI=1S/C13H17F2IN2.ClH/c1-17-6-9-4-5-18(7-9)8-10-11(14)2-3-12(16)13(10)15;/h2-3,9,17H,4-8H2,1H3;1H. The molecule has 1 aromatic carbocycles. The number of likely N-dealkylation sites (tertiary alicyclic amines) is 1. The first-order valence-corrected chi connectivity index (χ1v) is 7.19. The predicted molar refractivity (Wildman–Crippen MR) is 83.6 cm³/mol. The van der Waals surface area contributed by atoms with Crippen molar-refractivity contribution in [3.05, 3.63) is 32.9 Å². The molecule has 1 aromatic rings. The van der Waals surface area contributed by atoms with Crippen LogP contribution in [0, 0.1) is 21.1 Å². The van der Waals surface area contributed by atoms with Crippen LogP contribution in [0.5, 0.6) is 0 Å². The van der Waals surface area contributed by atoms with E-state index in [0.717, 1.165) is 26.1 Å². The number of hydrogen-bond acceptors (Lipinski definition) is 2. The van der Waals surface area contributed by atoms with E-state index in [-0.39, 0.29) is 18.0 Å². The van der Waals surface area contributed by atoms with Crippen LogP contribution < -0.4 is 5.32 Å². The zero-order valence-electron chi connectivity index (χ0n) is 10.8. The van der Waals surface area contributed by atoms with E-state index in [2.05, 4.69) is 10.2 Å². The Morgan fingerprint density at radius 3 is 2.84 bits per heavy atom. The molecular formula is C13H18ClF2IN2. The van der Waals surface area contributed by atoms with Gasteiger partial charge in [-0.05, 0) is 67.2 Å². The minimum absolute atomic E-state index is 0. The Morgan fingerprint density at radius 2 is 2.16 bits per heavy atom. The Balaban J connectivity index is 0.00000180. The average Bonchev–Trinajstić information content (AvgIpc) is 2.78. The first kappa shape index (κ1) is 17.1. The van der Waals surface area contributed by atoms with Gasteiger partial charge in [-0.15, -0.1) is 12.4 Å². The number of nitrogens with zero attached hydrogens (tertiary/aromatic N) is 1. The SMILES string of the molecule is CNCC1CCN(Cc2c(F)ccc(I)c2F)C1.Cl. The van der Waals surface area contributed by atoms with Gasteiger partial charge in [-0.1, -0.05) is 0 Å². The van der Waals surface area contributed by atoms with Crippen molar-refractivity contribution in [3.8, 4) is 0 Å². The summed E-state index contributed by atoms with van der Waals surface area (Å²) in [6, 6.07) is 2.82. The summed E-state index contributed by atoms with van der Waals surface area (Å²) in [5, 5.41) is 3.15. The van der Waals surface area contributed by atoms with E-state index >= 15 is 0 Å². The van der Waals surface area contributed by atoms with Gasteiger partial charge in [0.25, 0.3) is 0 Å². The van der Waals surface area contributed by atoms with E-state index in [1.165, 1.54) is 12.1 Å². The fraction of sp³-hybridized carbons (Fsp3) is 0.538. The molecule has 6 heteroatoms. The van der Waals surface area contributed by atoms with Crippen molar-refractivity contribution >= 4 is 35.0 Å². The van der Waals surface area contributed by atoms with Gasteiger partial charge in [0.05, 0.1) is 0 Å².